The zero-order valence-corrected chi connectivity index (χ0v) is 48.8. The van der Waals surface area contributed by atoms with E-state index >= 15 is 0 Å². The molecule has 86 heavy (non-hydrogen) atoms. The van der Waals surface area contributed by atoms with Crippen molar-refractivity contribution in [3.63, 3.8) is 0 Å². The number of carbonyl (C=O) groups excluding carboxylic acids is 4. The first-order chi connectivity index (χ1) is 41.5. The number of carboxylic acids is 2. The van der Waals surface area contributed by atoms with Crippen LogP contribution in [0.15, 0.2) is 200 Å². The van der Waals surface area contributed by atoms with Crippen LogP contribution in [0, 0.1) is 5.41 Å². The van der Waals surface area contributed by atoms with E-state index in [1.165, 1.54) is 11.8 Å². The van der Waals surface area contributed by atoms with E-state index in [4.69, 9.17) is 24.1 Å². The normalized spacial score (nSPS) is 19.4. The third-order valence-electron chi connectivity index (χ3n) is 14.5. The van der Waals surface area contributed by atoms with Crippen LogP contribution in [0.2, 0.25) is 0 Å². The van der Waals surface area contributed by atoms with Crippen LogP contribution in [-0.2, 0) is 44.0 Å². The van der Waals surface area contributed by atoms with Gasteiger partial charge in [-0.1, -0.05) is 166 Å². The fraction of sp³-hybridized carbons (Fsp3) is 0.273. The number of rotatable bonds is 24. The lowest BCUT2D eigenvalue weighted by molar-refractivity contribution is -0.295. The van der Waals surface area contributed by atoms with E-state index in [-0.39, 0.29) is 34.6 Å². The van der Waals surface area contributed by atoms with Crippen molar-refractivity contribution >= 4 is 70.5 Å². The fourth-order valence-electron chi connectivity index (χ4n) is 9.95. The SMILES string of the molecule is CC1(C)COC(CS[C@H]2C(=O)N(c3ccccc3)[C@@H]2c2ccc(OCC(=O)O)cc2)(c2ccccc2)OC1.O=C(COc1ccc([C@@H]2[C@@H](SCC(O)c3ccccc3)C(=O)N2c2ccccc2)cc1)N[C@@H](C(=O)N[C@@H](CO)C(=O)O)c1ccccc1. The van der Waals surface area contributed by atoms with Crippen molar-refractivity contribution in [2.75, 3.05) is 54.3 Å². The summed E-state index contributed by atoms with van der Waals surface area (Å²) >= 11 is 2.94. The van der Waals surface area contributed by atoms with E-state index in [2.05, 4.69) is 24.5 Å². The molecule has 446 valence electrons. The van der Waals surface area contributed by atoms with Gasteiger partial charge in [-0.3, -0.25) is 19.2 Å². The Kier molecular flexibility index (Phi) is 20.6. The number of aliphatic carboxylic acids is 2. The van der Waals surface area contributed by atoms with Gasteiger partial charge in [-0.2, -0.15) is 0 Å². The molecule has 3 aliphatic heterocycles. The van der Waals surface area contributed by atoms with Gasteiger partial charge in [0.05, 0.1) is 43.8 Å². The van der Waals surface area contributed by atoms with Gasteiger partial charge in [0.15, 0.2) is 13.2 Å². The number of aliphatic hydroxyl groups excluding tert-OH is 2. The Morgan fingerprint density at radius 1 is 0.593 bits per heavy atom. The zero-order chi connectivity index (χ0) is 60.8. The Bertz CT molecular complexity index is 3400. The predicted octanol–water partition coefficient (Wildman–Crippen LogP) is 8.67. The third-order valence-corrected chi connectivity index (χ3v) is 17.2. The van der Waals surface area contributed by atoms with Gasteiger partial charge in [-0.15, -0.1) is 23.5 Å². The molecule has 7 aromatic carbocycles. The maximum Gasteiger partial charge on any atom is 0.341 e. The van der Waals surface area contributed by atoms with E-state index in [0.29, 0.717) is 41.8 Å². The Morgan fingerprint density at radius 3 is 1.50 bits per heavy atom. The number of anilines is 2. The molecule has 0 spiro atoms. The molecule has 0 aliphatic carbocycles. The minimum Gasteiger partial charge on any atom is -0.484 e. The molecule has 0 saturated carbocycles. The Hall–Kier alpha value is -8.50. The van der Waals surface area contributed by atoms with Gasteiger partial charge < -0.3 is 59.8 Å². The van der Waals surface area contributed by atoms with Crippen LogP contribution in [0.4, 0.5) is 11.4 Å². The molecule has 0 aromatic heterocycles. The monoisotopic (exact) mass is 1200 g/mol. The van der Waals surface area contributed by atoms with Crippen molar-refractivity contribution < 1.29 is 68.1 Å². The largest absolute Gasteiger partial charge is 0.484 e. The minimum atomic E-state index is -1.54. The second-order valence-electron chi connectivity index (χ2n) is 21.4. The molecule has 4 amide bonds. The van der Waals surface area contributed by atoms with Gasteiger partial charge in [-0.05, 0) is 70.8 Å². The van der Waals surface area contributed by atoms with Crippen molar-refractivity contribution in [2.24, 2.45) is 5.41 Å². The van der Waals surface area contributed by atoms with Crippen LogP contribution in [-0.4, -0.2) is 117 Å². The van der Waals surface area contributed by atoms with Gasteiger partial charge in [-0.25, -0.2) is 9.59 Å². The number of ether oxygens (including phenoxy) is 4. The summed E-state index contributed by atoms with van der Waals surface area (Å²) in [5, 5.41) is 42.2. The van der Waals surface area contributed by atoms with Crippen LogP contribution in [0.1, 0.15) is 65.9 Å². The van der Waals surface area contributed by atoms with Crippen molar-refractivity contribution in [2.45, 2.75) is 60.4 Å². The standard InChI is InChI=1S/C36H35N3O8S.C30H31NO6S/c40-20-28(36(45)46)37-34(43)31(24-12-6-2-7-13-24)38-30(42)21-47-27-18-16-25(17-19-27)32-33(35(44)39(32)26-14-8-3-9-15-26)48-22-29(41)23-10-4-1-5-11-23;1-29(2)18-36-30(37-19-29,22-9-5-3-6-10-22)20-38-27-26(31(28(27)34)23-11-7-4-8-12-23)21-13-15-24(16-14-21)35-17-25(32)33/h1-19,28-29,31-33,40-41H,20-22H2,(H,37,43)(H,38,42)(H,45,46);3-16,26-27H,17-20H2,1-2H3,(H,32,33)/t28-,29?,31+,32+,33+;26-,27-/m01/s1. The van der Waals surface area contributed by atoms with Crippen LogP contribution in [0.3, 0.4) is 0 Å². The number of β-lactam (4-membered cyclic amide) rings is 2. The summed E-state index contributed by atoms with van der Waals surface area (Å²) in [6.45, 7) is 3.67. The van der Waals surface area contributed by atoms with E-state index in [1.54, 1.807) is 71.3 Å². The summed E-state index contributed by atoms with van der Waals surface area (Å²) in [7, 11) is 0. The first kappa shape index (κ1) is 62.0. The number of aliphatic hydroxyl groups is 2. The molecule has 10 rings (SSSR count). The number of para-hydroxylation sites is 2. The molecule has 3 saturated heterocycles. The second kappa shape index (κ2) is 28.6. The number of nitrogens with one attached hydrogen (secondary N) is 2. The number of benzene rings is 7. The molecular weight excluding hydrogens is 1140 g/mol. The van der Waals surface area contributed by atoms with Crippen LogP contribution < -0.4 is 29.9 Å². The summed E-state index contributed by atoms with van der Waals surface area (Å²) in [5.74, 6) is -3.21. The van der Waals surface area contributed by atoms with Crippen molar-refractivity contribution in [1.82, 2.24) is 10.6 Å². The molecule has 0 bridgehead atoms. The number of carbonyl (C=O) groups is 6. The van der Waals surface area contributed by atoms with Crippen LogP contribution >= 0.6 is 23.5 Å². The molecule has 3 aliphatic rings. The summed E-state index contributed by atoms with van der Waals surface area (Å²) in [5.41, 5.74) is 5.41. The summed E-state index contributed by atoms with van der Waals surface area (Å²) < 4.78 is 23.8. The molecule has 3 heterocycles. The number of nitrogens with zero attached hydrogens (tertiary/aromatic N) is 2. The molecule has 7 atom stereocenters. The Balaban J connectivity index is 0.000000211. The maximum atomic E-state index is 13.5. The first-order valence-corrected chi connectivity index (χ1v) is 29.9. The highest BCUT2D eigenvalue weighted by atomic mass is 32.2. The smallest absolute Gasteiger partial charge is 0.341 e. The highest BCUT2D eigenvalue weighted by molar-refractivity contribution is 8.01. The quantitative estimate of drug-likeness (QED) is 0.0310. The number of hydrogen-bond acceptors (Lipinski definition) is 14. The van der Waals surface area contributed by atoms with Gasteiger partial charge in [0.1, 0.15) is 34.1 Å². The van der Waals surface area contributed by atoms with E-state index in [9.17, 15) is 44.1 Å². The van der Waals surface area contributed by atoms with Gasteiger partial charge in [0.2, 0.25) is 23.5 Å². The lowest BCUT2D eigenvalue weighted by Gasteiger charge is -2.49. The highest BCUT2D eigenvalue weighted by Gasteiger charge is 2.52. The number of carboxylic acid groups (broad SMARTS) is 2. The second-order valence-corrected chi connectivity index (χ2v) is 23.7. The molecule has 1 unspecified atom stereocenters. The zero-order valence-electron chi connectivity index (χ0n) is 47.1. The van der Waals surface area contributed by atoms with Crippen molar-refractivity contribution in [3.05, 3.63) is 228 Å². The van der Waals surface area contributed by atoms with Gasteiger partial charge >= 0.3 is 11.9 Å². The highest BCUT2D eigenvalue weighted by Crippen LogP contribution is 2.49. The van der Waals surface area contributed by atoms with E-state index in [1.807, 2.05) is 150 Å². The number of amides is 4. The summed E-state index contributed by atoms with van der Waals surface area (Å²) in [6.07, 6.45) is -0.724. The summed E-state index contributed by atoms with van der Waals surface area (Å²) in [6, 6.07) is 57.5. The Morgan fingerprint density at radius 2 is 1.03 bits per heavy atom. The maximum absolute atomic E-state index is 13.5. The molecule has 3 fully saturated rings. The molecular formula is C66H66N4O14S2. The third kappa shape index (κ3) is 15.1. The predicted molar refractivity (Wildman–Crippen MR) is 327 cm³/mol. The molecule has 0 radical (unpaired) electrons. The fourth-order valence-corrected chi connectivity index (χ4v) is 12.7. The topological polar surface area (TPSA) is 251 Å². The molecule has 20 heteroatoms. The molecule has 18 nitrogen and oxygen atoms in total. The average molecular weight is 1200 g/mol. The van der Waals surface area contributed by atoms with Crippen molar-refractivity contribution in [3.8, 4) is 11.5 Å². The van der Waals surface area contributed by atoms with Crippen molar-refractivity contribution in [1.29, 1.82) is 0 Å². The molecule has 6 N–H and O–H groups in total. The summed E-state index contributed by atoms with van der Waals surface area (Å²) in [4.78, 5) is 78.4. The average Bonchev–Trinajstić information content (AvgIpc) is 0.817. The Labute approximate surface area is 506 Å². The van der Waals surface area contributed by atoms with E-state index < -0.39 is 72.8 Å². The number of hydrogen-bond donors (Lipinski definition) is 6. The van der Waals surface area contributed by atoms with E-state index in [0.717, 1.165) is 33.6 Å². The first-order valence-electron chi connectivity index (χ1n) is 27.8. The van der Waals surface area contributed by atoms with Gasteiger partial charge in [0, 0.05) is 28.1 Å². The lowest BCUT2D eigenvalue weighted by atomic mass is 9.92. The molecule has 7 aromatic rings. The minimum absolute atomic E-state index is 0.0248. The number of thioether (sulfide) groups is 2. The lowest BCUT2D eigenvalue weighted by Crippen LogP contribution is -2.58. The van der Waals surface area contributed by atoms with Crippen LogP contribution in [0.25, 0.3) is 0 Å². The van der Waals surface area contributed by atoms with Crippen LogP contribution in [0.5, 0.6) is 11.5 Å². The van der Waals surface area contributed by atoms with Gasteiger partial charge in [0.25, 0.3) is 5.91 Å².